The van der Waals surface area contributed by atoms with Crippen LogP contribution in [-0.2, 0) is 20.0 Å². The number of nitrogens with zero attached hydrogens (tertiary/aromatic N) is 4. The lowest BCUT2D eigenvalue weighted by Crippen LogP contribution is -2.40. The van der Waals surface area contributed by atoms with Crippen molar-refractivity contribution in [1.82, 2.24) is 14.7 Å². The SMILES string of the molecule is CCc1nn(C)c(CN(CC(N)=NO)C2CCCC2)c1Br. The van der Waals surface area contributed by atoms with Gasteiger partial charge in [0.1, 0.15) is 0 Å². The van der Waals surface area contributed by atoms with Crippen molar-refractivity contribution >= 4 is 21.8 Å². The lowest BCUT2D eigenvalue weighted by atomic mass is 10.2. The Morgan fingerprint density at radius 3 is 2.71 bits per heavy atom. The summed E-state index contributed by atoms with van der Waals surface area (Å²) in [6.07, 6.45) is 5.76. The fraction of sp³-hybridized carbons (Fsp3) is 0.714. The van der Waals surface area contributed by atoms with E-state index in [0.29, 0.717) is 12.6 Å². The van der Waals surface area contributed by atoms with Crippen LogP contribution in [0, 0.1) is 0 Å². The molecule has 1 aliphatic rings. The fourth-order valence-corrected chi connectivity index (χ4v) is 3.75. The molecule has 0 radical (unpaired) electrons. The zero-order valence-electron chi connectivity index (χ0n) is 12.7. The van der Waals surface area contributed by atoms with Crippen LogP contribution in [0.4, 0.5) is 0 Å². The summed E-state index contributed by atoms with van der Waals surface area (Å²) in [5, 5.41) is 16.5. The first-order valence-corrected chi connectivity index (χ1v) is 8.26. The summed E-state index contributed by atoms with van der Waals surface area (Å²) in [5.74, 6) is 0.260. The van der Waals surface area contributed by atoms with Crippen LogP contribution in [0.1, 0.15) is 44.0 Å². The second-order valence-electron chi connectivity index (χ2n) is 5.62. The first kappa shape index (κ1) is 16.3. The molecule has 0 unspecified atom stereocenters. The highest BCUT2D eigenvalue weighted by Gasteiger charge is 2.25. The monoisotopic (exact) mass is 357 g/mol. The van der Waals surface area contributed by atoms with Gasteiger partial charge in [-0.25, -0.2) is 0 Å². The molecular formula is C14H24BrN5O. The van der Waals surface area contributed by atoms with Crippen molar-refractivity contribution < 1.29 is 5.21 Å². The molecule has 1 aliphatic carbocycles. The Kier molecular flexibility index (Phi) is 5.64. The number of nitrogens with two attached hydrogens (primary N) is 1. The van der Waals surface area contributed by atoms with Gasteiger partial charge in [0.15, 0.2) is 5.84 Å². The maximum absolute atomic E-state index is 8.85. The lowest BCUT2D eigenvalue weighted by Gasteiger charge is -2.28. The minimum atomic E-state index is 0.260. The Morgan fingerprint density at radius 2 is 2.19 bits per heavy atom. The van der Waals surface area contributed by atoms with Crippen LogP contribution >= 0.6 is 15.9 Å². The number of aromatic nitrogens is 2. The van der Waals surface area contributed by atoms with Gasteiger partial charge in [-0.3, -0.25) is 9.58 Å². The minimum Gasteiger partial charge on any atom is -0.409 e. The van der Waals surface area contributed by atoms with E-state index < -0.39 is 0 Å². The van der Waals surface area contributed by atoms with Crippen molar-refractivity contribution in [2.45, 2.75) is 51.6 Å². The average Bonchev–Trinajstić information content (AvgIpc) is 3.09. The van der Waals surface area contributed by atoms with Crippen molar-refractivity contribution in [2.24, 2.45) is 17.9 Å². The highest BCUT2D eigenvalue weighted by atomic mass is 79.9. The van der Waals surface area contributed by atoms with Crippen molar-refractivity contribution in [3.05, 3.63) is 15.9 Å². The Morgan fingerprint density at radius 1 is 1.52 bits per heavy atom. The van der Waals surface area contributed by atoms with E-state index in [0.717, 1.165) is 28.8 Å². The molecule has 0 spiro atoms. The molecule has 1 fully saturated rings. The largest absolute Gasteiger partial charge is 0.409 e. The summed E-state index contributed by atoms with van der Waals surface area (Å²) in [7, 11) is 1.97. The average molecular weight is 358 g/mol. The number of aryl methyl sites for hydroxylation is 2. The van der Waals surface area contributed by atoms with Crippen LogP contribution < -0.4 is 5.73 Å². The van der Waals surface area contributed by atoms with Crippen LogP contribution in [0.15, 0.2) is 9.63 Å². The Bertz CT molecular complexity index is 508. The molecular weight excluding hydrogens is 334 g/mol. The molecule has 0 aromatic carbocycles. The summed E-state index contributed by atoms with van der Waals surface area (Å²) in [6, 6.07) is 0.497. The molecule has 6 nitrogen and oxygen atoms in total. The summed E-state index contributed by atoms with van der Waals surface area (Å²) < 4.78 is 3.01. The molecule has 0 bridgehead atoms. The Labute approximate surface area is 134 Å². The van der Waals surface area contributed by atoms with Crippen molar-refractivity contribution in [3.63, 3.8) is 0 Å². The van der Waals surface area contributed by atoms with Gasteiger partial charge in [0, 0.05) is 19.6 Å². The van der Waals surface area contributed by atoms with Crippen LogP contribution in [0.2, 0.25) is 0 Å². The third-order valence-electron chi connectivity index (χ3n) is 4.19. The van der Waals surface area contributed by atoms with Crippen LogP contribution in [-0.4, -0.2) is 38.3 Å². The zero-order chi connectivity index (χ0) is 15.4. The highest BCUT2D eigenvalue weighted by molar-refractivity contribution is 9.10. The molecule has 7 heteroatoms. The van der Waals surface area contributed by atoms with E-state index in [-0.39, 0.29) is 5.84 Å². The van der Waals surface area contributed by atoms with Gasteiger partial charge < -0.3 is 10.9 Å². The van der Waals surface area contributed by atoms with Gasteiger partial charge in [-0.15, -0.1) is 0 Å². The molecule has 1 aromatic rings. The van der Waals surface area contributed by atoms with E-state index >= 15 is 0 Å². The number of hydrogen-bond donors (Lipinski definition) is 2. The number of amidine groups is 1. The summed E-state index contributed by atoms with van der Waals surface area (Å²) in [6.45, 7) is 3.34. The maximum atomic E-state index is 8.85. The van der Waals surface area contributed by atoms with E-state index in [1.165, 1.54) is 25.7 Å². The summed E-state index contributed by atoms with van der Waals surface area (Å²) in [5.41, 5.74) is 7.94. The summed E-state index contributed by atoms with van der Waals surface area (Å²) in [4.78, 5) is 2.29. The molecule has 1 heterocycles. The maximum Gasteiger partial charge on any atom is 0.153 e. The summed E-state index contributed by atoms with van der Waals surface area (Å²) >= 11 is 3.66. The van der Waals surface area contributed by atoms with Gasteiger partial charge in [0.05, 0.1) is 22.4 Å². The number of halogens is 1. The molecule has 0 saturated heterocycles. The minimum absolute atomic E-state index is 0.260. The van der Waals surface area contributed by atoms with Gasteiger partial charge in [0.2, 0.25) is 0 Å². The van der Waals surface area contributed by atoms with Gasteiger partial charge >= 0.3 is 0 Å². The zero-order valence-corrected chi connectivity index (χ0v) is 14.3. The second kappa shape index (κ2) is 7.26. The lowest BCUT2D eigenvalue weighted by molar-refractivity contribution is 0.208. The molecule has 2 rings (SSSR count). The van der Waals surface area contributed by atoms with Gasteiger partial charge in [-0.05, 0) is 35.2 Å². The topological polar surface area (TPSA) is 79.7 Å². The number of rotatable bonds is 6. The Balaban J connectivity index is 2.19. The third-order valence-corrected chi connectivity index (χ3v) is 5.11. The second-order valence-corrected chi connectivity index (χ2v) is 6.41. The normalized spacial score (nSPS) is 17.0. The van der Waals surface area contributed by atoms with Crippen molar-refractivity contribution in [2.75, 3.05) is 6.54 Å². The predicted octanol–water partition coefficient (Wildman–Crippen LogP) is 2.24. The highest BCUT2D eigenvalue weighted by Crippen LogP contribution is 2.28. The first-order chi connectivity index (χ1) is 10.1. The molecule has 3 N–H and O–H groups in total. The standard InChI is InChI=1S/C14H24BrN5O/c1-3-11-14(15)12(19(2)17-11)8-20(9-13(16)18-21)10-6-4-5-7-10/h10,21H,3-9H2,1-2H3,(H2,16,18). The quantitative estimate of drug-likeness (QED) is 0.354. The molecule has 0 amide bonds. The molecule has 0 atom stereocenters. The van der Waals surface area contributed by atoms with E-state index in [1.807, 2.05) is 11.7 Å². The predicted molar refractivity (Wildman–Crippen MR) is 86.4 cm³/mol. The molecule has 0 aliphatic heterocycles. The third kappa shape index (κ3) is 3.77. The van der Waals surface area contributed by atoms with E-state index in [9.17, 15) is 0 Å². The Hall–Kier alpha value is -1.08. The van der Waals surface area contributed by atoms with Crippen LogP contribution in [0.25, 0.3) is 0 Å². The van der Waals surface area contributed by atoms with Crippen LogP contribution in [0.3, 0.4) is 0 Å². The van der Waals surface area contributed by atoms with Crippen molar-refractivity contribution in [1.29, 1.82) is 0 Å². The number of oxime groups is 1. The van der Waals surface area contributed by atoms with Gasteiger partial charge in [-0.2, -0.15) is 5.10 Å². The van der Waals surface area contributed by atoms with E-state index in [2.05, 4.69) is 38.0 Å². The first-order valence-electron chi connectivity index (χ1n) is 7.47. The number of hydrogen-bond acceptors (Lipinski definition) is 4. The molecule has 1 aromatic heterocycles. The smallest absolute Gasteiger partial charge is 0.153 e. The fourth-order valence-electron chi connectivity index (χ4n) is 3.01. The van der Waals surface area contributed by atoms with E-state index in [1.54, 1.807) is 0 Å². The molecule has 21 heavy (non-hydrogen) atoms. The molecule has 1 saturated carbocycles. The molecule has 118 valence electrons. The van der Waals surface area contributed by atoms with Gasteiger partial charge in [-0.1, -0.05) is 24.9 Å². The van der Waals surface area contributed by atoms with Crippen LogP contribution in [0.5, 0.6) is 0 Å². The van der Waals surface area contributed by atoms with Gasteiger partial charge in [0.25, 0.3) is 0 Å². The van der Waals surface area contributed by atoms with E-state index in [4.69, 9.17) is 10.9 Å². The van der Waals surface area contributed by atoms with Crippen molar-refractivity contribution in [3.8, 4) is 0 Å².